The van der Waals surface area contributed by atoms with Gasteiger partial charge in [0.05, 0.1) is 16.3 Å². The van der Waals surface area contributed by atoms with Crippen LogP contribution >= 0.6 is 0 Å². The van der Waals surface area contributed by atoms with E-state index in [4.69, 9.17) is 4.74 Å². The Hall–Kier alpha value is -2.87. The second-order valence-corrected chi connectivity index (χ2v) is 7.85. The molecule has 2 amide bonds. The van der Waals surface area contributed by atoms with Gasteiger partial charge in [0, 0.05) is 19.2 Å². The Morgan fingerprint density at radius 3 is 2.62 bits per heavy atom. The van der Waals surface area contributed by atoms with Crippen LogP contribution < -0.4 is 15.0 Å². The van der Waals surface area contributed by atoms with Crippen LogP contribution in [0.3, 0.4) is 0 Å². The molecule has 136 valence electrons. The van der Waals surface area contributed by atoms with Crippen LogP contribution in [0.4, 0.5) is 11.4 Å². The molecule has 2 aromatic rings. The number of anilines is 2. The molecule has 0 spiro atoms. The Labute approximate surface area is 151 Å². The summed E-state index contributed by atoms with van der Waals surface area (Å²) < 4.78 is 29.0. The minimum absolute atomic E-state index is 0.0260. The van der Waals surface area contributed by atoms with Gasteiger partial charge in [-0.1, -0.05) is 24.3 Å². The van der Waals surface area contributed by atoms with E-state index in [-0.39, 0.29) is 42.0 Å². The zero-order valence-electron chi connectivity index (χ0n) is 14.1. The number of carbonyl (C=O) groups is 2. The lowest BCUT2D eigenvalue weighted by atomic mass is 10.2. The van der Waals surface area contributed by atoms with Crippen LogP contribution in [0.1, 0.15) is 6.42 Å². The Morgan fingerprint density at radius 2 is 1.85 bits per heavy atom. The van der Waals surface area contributed by atoms with Gasteiger partial charge in [-0.05, 0) is 24.3 Å². The molecule has 8 heteroatoms. The summed E-state index contributed by atoms with van der Waals surface area (Å²) in [6.45, 7) is 0.0988. The second-order valence-electron chi connectivity index (χ2n) is 5.87. The Balaban J connectivity index is 1.70. The maximum atomic E-state index is 12.3. The highest BCUT2D eigenvalue weighted by Gasteiger charge is 2.25. The van der Waals surface area contributed by atoms with E-state index < -0.39 is 9.84 Å². The van der Waals surface area contributed by atoms with Crippen molar-refractivity contribution in [3.63, 3.8) is 0 Å². The highest BCUT2D eigenvalue weighted by molar-refractivity contribution is 7.90. The highest BCUT2D eigenvalue weighted by Crippen LogP contribution is 2.31. The molecular weight excluding hydrogens is 356 g/mol. The molecule has 2 aromatic carbocycles. The van der Waals surface area contributed by atoms with Gasteiger partial charge in [-0.15, -0.1) is 0 Å². The molecule has 0 radical (unpaired) electrons. The Bertz CT molecular complexity index is 956. The van der Waals surface area contributed by atoms with Gasteiger partial charge in [-0.3, -0.25) is 9.59 Å². The van der Waals surface area contributed by atoms with Gasteiger partial charge in [0.2, 0.25) is 5.91 Å². The molecule has 1 aliphatic rings. The average Bonchev–Trinajstić information content (AvgIpc) is 2.60. The molecule has 7 nitrogen and oxygen atoms in total. The van der Waals surface area contributed by atoms with Crippen molar-refractivity contribution in [2.24, 2.45) is 0 Å². The molecule has 1 aliphatic heterocycles. The average molecular weight is 374 g/mol. The number of ether oxygens (including phenoxy) is 1. The van der Waals surface area contributed by atoms with Crippen LogP contribution in [0.25, 0.3) is 0 Å². The number of sulfone groups is 1. The quantitative estimate of drug-likeness (QED) is 0.862. The van der Waals surface area contributed by atoms with Gasteiger partial charge < -0.3 is 15.0 Å². The number of carbonyl (C=O) groups excluding carboxylic acids is 2. The van der Waals surface area contributed by atoms with Gasteiger partial charge in [0.1, 0.15) is 5.75 Å². The van der Waals surface area contributed by atoms with Crippen molar-refractivity contribution in [2.45, 2.75) is 11.3 Å². The van der Waals surface area contributed by atoms with Gasteiger partial charge in [-0.25, -0.2) is 8.42 Å². The van der Waals surface area contributed by atoms with Gasteiger partial charge in [0.25, 0.3) is 5.91 Å². The molecule has 0 saturated carbocycles. The normalized spacial score (nSPS) is 13.7. The first-order valence-corrected chi connectivity index (χ1v) is 9.86. The number of amides is 2. The predicted octanol–water partition coefficient (Wildman–Crippen LogP) is 1.84. The molecule has 1 heterocycles. The number of fused-ring (bicyclic) bond motifs is 1. The fourth-order valence-electron chi connectivity index (χ4n) is 2.72. The van der Waals surface area contributed by atoms with Crippen LogP contribution in [0.2, 0.25) is 0 Å². The molecule has 0 aliphatic carbocycles. The van der Waals surface area contributed by atoms with Crippen molar-refractivity contribution in [1.29, 1.82) is 0 Å². The lowest BCUT2D eigenvalue weighted by molar-refractivity contribution is -0.121. The SMILES string of the molecule is CS(=O)(=O)c1ccccc1NC(=O)CCN1C(=O)COc2ccccc21. The minimum atomic E-state index is -3.46. The first-order valence-electron chi connectivity index (χ1n) is 7.97. The number of nitrogens with one attached hydrogen (secondary N) is 1. The number of hydrogen-bond donors (Lipinski definition) is 1. The van der Waals surface area contributed by atoms with Gasteiger partial charge in [-0.2, -0.15) is 0 Å². The topological polar surface area (TPSA) is 92.8 Å². The molecule has 0 unspecified atom stereocenters. The summed E-state index contributed by atoms with van der Waals surface area (Å²) in [5, 5.41) is 2.61. The van der Waals surface area contributed by atoms with Crippen molar-refractivity contribution >= 4 is 33.0 Å². The van der Waals surface area contributed by atoms with E-state index in [1.54, 1.807) is 30.3 Å². The van der Waals surface area contributed by atoms with Crippen LogP contribution in [-0.2, 0) is 19.4 Å². The summed E-state index contributed by atoms with van der Waals surface area (Å²) in [6.07, 6.45) is 1.11. The molecule has 3 rings (SSSR count). The van der Waals surface area contributed by atoms with Crippen molar-refractivity contribution in [3.8, 4) is 5.75 Å². The lowest BCUT2D eigenvalue weighted by Gasteiger charge is -2.29. The number of para-hydroxylation sites is 3. The van der Waals surface area contributed by atoms with Crippen LogP contribution in [-0.4, -0.2) is 39.6 Å². The third-order valence-corrected chi connectivity index (χ3v) is 5.09. The Kier molecular flexibility index (Phi) is 4.94. The van der Waals surface area contributed by atoms with Crippen molar-refractivity contribution in [2.75, 3.05) is 29.6 Å². The van der Waals surface area contributed by atoms with Gasteiger partial charge >= 0.3 is 0 Å². The fraction of sp³-hybridized carbons (Fsp3) is 0.222. The number of benzene rings is 2. The number of nitrogens with zero attached hydrogens (tertiary/aromatic N) is 1. The zero-order chi connectivity index (χ0) is 18.7. The summed E-state index contributed by atoms with van der Waals surface area (Å²) in [6, 6.07) is 13.3. The van der Waals surface area contributed by atoms with Crippen molar-refractivity contribution in [1.82, 2.24) is 0 Å². The van der Waals surface area contributed by atoms with Crippen LogP contribution in [0, 0.1) is 0 Å². The molecule has 26 heavy (non-hydrogen) atoms. The standard InChI is InChI=1S/C18H18N2O5S/c1-26(23,24)16-9-5-2-6-13(16)19-17(21)10-11-20-14-7-3-4-8-15(14)25-12-18(20)22/h2-9H,10-12H2,1H3,(H,19,21). The third-order valence-electron chi connectivity index (χ3n) is 3.93. The maximum Gasteiger partial charge on any atom is 0.265 e. The molecule has 0 fully saturated rings. The molecule has 0 aromatic heterocycles. The van der Waals surface area contributed by atoms with E-state index in [1.807, 2.05) is 6.07 Å². The highest BCUT2D eigenvalue weighted by atomic mass is 32.2. The van der Waals surface area contributed by atoms with E-state index in [9.17, 15) is 18.0 Å². The third kappa shape index (κ3) is 3.85. The van der Waals surface area contributed by atoms with E-state index in [0.29, 0.717) is 11.4 Å². The molecule has 0 saturated heterocycles. The first-order chi connectivity index (χ1) is 12.4. The fourth-order valence-corrected chi connectivity index (χ4v) is 3.56. The maximum absolute atomic E-state index is 12.3. The second kappa shape index (κ2) is 7.17. The summed E-state index contributed by atoms with van der Waals surface area (Å²) in [5.41, 5.74) is 0.849. The minimum Gasteiger partial charge on any atom is -0.482 e. The number of rotatable bonds is 5. The summed E-state index contributed by atoms with van der Waals surface area (Å²) >= 11 is 0. The molecule has 0 atom stereocenters. The predicted molar refractivity (Wildman–Crippen MR) is 97.1 cm³/mol. The van der Waals surface area contributed by atoms with Gasteiger partial charge in [0.15, 0.2) is 16.4 Å². The Morgan fingerprint density at radius 1 is 1.15 bits per heavy atom. The summed E-state index contributed by atoms with van der Waals surface area (Å²) in [4.78, 5) is 25.9. The van der Waals surface area contributed by atoms with E-state index in [2.05, 4.69) is 5.32 Å². The lowest BCUT2D eigenvalue weighted by Crippen LogP contribution is -2.40. The smallest absolute Gasteiger partial charge is 0.265 e. The van der Waals surface area contributed by atoms with Crippen molar-refractivity contribution < 1.29 is 22.7 Å². The van der Waals surface area contributed by atoms with E-state index in [1.165, 1.54) is 17.0 Å². The van der Waals surface area contributed by atoms with Crippen molar-refractivity contribution in [3.05, 3.63) is 48.5 Å². The largest absolute Gasteiger partial charge is 0.482 e. The molecule has 1 N–H and O–H groups in total. The molecular formula is C18H18N2O5S. The first kappa shape index (κ1) is 17.9. The summed E-state index contributed by atoms with van der Waals surface area (Å²) in [7, 11) is -3.46. The zero-order valence-corrected chi connectivity index (χ0v) is 15.0. The van der Waals surface area contributed by atoms with E-state index >= 15 is 0 Å². The van der Waals surface area contributed by atoms with E-state index in [0.717, 1.165) is 6.26 Å². The summed E-state index contributed by atoms with van der Waals surface area (Å²) in [5.74, 6) is -0.0131. The monoisotopic (exact) mass is 374 g/mol. The van der Waals surface area contributed by atoms with Crippen LogP contribution in [0.15, 0.2) is 53.4 Å². The number of hydrogen-bond acceptors (Lipinski definition) is 5. The molecule has 0 bridgehead atoms. The van der Waals surface area contributed by atoms with Crippen LogP contribution in [0.5, 0.6) is 5.75 Å².